The van der Waals surface area contributed by atoms with Crippen molar-refractivity contribution >= 4 is 23.5 Å². The van der Waals surface area contributed by atoms with E-state index >= 15 is 0 Å². The Hall–Kier alpha value is -3.15. The lowest BCUT2D eigenvalue weighted by Crippen LogP contribution is -2.41. The standard InChI is InChI=1S/C25H28N2O4/c1-25(2,3)31-24(30)26-14-12-19(13-15-26)18-10-8-17(9-11-18)16-27-21-7-5-4-6-20(21)22(28)23(27)29/h4-11,19H,12-16H2,1-3H3. The van der Waals surface area contributed by atoms with Crippen molar-refractivity contribution in [1.29, 1.82) is 0 Å². The number of carbonyl (C=O) groups is 3. The first-order valence-electron chi connectivity index (χ1n) is 10.7. The van der Waals surface area contributed by atoms with Gasteiger partial charge in [-0.1, -0.05) is 36.4 Å². The molecular formula is C25H28N2O4. The van der Waals surface area contributed by atoms with Crippen molar-refractivity contribution in [2.45, 2.75) is 51.7 Å². The highest BCUT2D eigenvalue weighted by molar-refractivity contribution is 6.52. The summed E-state index contributed by atoms with van der Waals surface area (Å²) in [5.41, 5.74) is 2.88. The number of benzene rings is 2. The van der Waals surface area contributed by atoms with Crippen molar-refractivity contribution in [2.75, 3.05) is 18.0 Å². The zero-order valence-electron chi connectivity index (χ0n) is 18.3. The molecule has 0 N–H and O–H groups in total. The van der Waals surface area contributed by atoms with E-state index in [2.05, 4.69) is 12.1 Å². The molecule has 0 saturated carbocycles. The fraction of sp³-hybridized carbons (Fsp3) is 0.400. The van der Waals surface area contributed by atoms with Crippen LogP contribution in [0.1, 0.15) is 61.0 Å². The molecule has 6 nitrogen and oxygen atoms in total. The number of ketones is 1. The molecule has 0 spiro atoms. The molecular weight excluding hydrogens is 392 g/mol. The van der Waals surface area contributed by atoms with Crippen molar-refractivity contribution in [3.8, 4) is 0 Å². The predicted octanol–water partition coefficient (Wildman–Crippen LogP) is 4.53. The molecule has 31 heavy (non-hydrogen) atoms. The molecule has 2 aromatic rings. The SMILES string of the molecule is CC(C)(C)OC(=O)N1CCC(c2ccc(CN3C(=O)C(=O)c4ccccc43)cc2)CC1. The van der Waals surface area contributed by atoms with Gasteiger partial charge in [-0.25, -0.2) is 4.79 Å². The smallest absolute Gasteiger partial charge is 0.410 e. The van der Waals surface area contributed by atoms with Gasteiger partial charge in [0.25, 0.3) is 11.7 Å². The van der Waals surface area contributed by atoms with Crippen molar-refractivity contribution in [1.82, 2.24) is 4.90 Å². The summed E-state index contributed by atoms with van der Waals surface area (Å²) in [7, 11) is 0. The van der Waals surface area contributed by atoms with E-state index in [1.54, 1.807) is 21.9 Å². The second-order valence-corrected chi connectivity index (χ2v) is 9.22. The zero-order valence-corrected chi connectivity index (χ0v) is 18.3. The van der Waals surface area contributed by atoms with Crippen LogP contribution in [0.2, 0.25) is 0 Å². The van der Waals surface area contributed by atoms with E-state index in [-0.39, 0.29) is 6.09 Å². The van der Waals surface area contributed by atoms with Crippen molar-refractivity contribution in [3.63, 3.8) is 0 Å². The molecule has 0 bridgehead atoms. The quantitative estimate of drug-likeness (QED) is 0.684. The minimum Gasteiger partial charge on any atom is -0.444 e. The van der Waals surface area contributed by atoms with E-state index in [4.69, 9.17) is 4.74 Å². The van der Waals surface area contributed by atoms with E-state index in [1.807, 2.05) is 45.0 Å². The van der Waals surface area contributed by atoms with E-state index in [0.717, 1.165) is 18.4 Å². The molecule has 2 aliphatic rings. The number of rotatable bonds is 3. The molecule has 162 valence electrons. The highest BCUT2D eigenvalue weighted by atomic mass is 16.6. The van der Waals surface area contributed by atoms with Gasteiger partial charge >= 0.3 is 6.09 Å². The molecule has 2 aliphatic heterocycles. The minimum absolute atomic E-state index is 0.244. The second-order valence-electron chi connectivity index (χ2n) is 9.22. The van der Waals surface area contributed by atoms with Crippen molar-refractivity contribution in [2.24, 2.45) is 0 Å². The Labute approximate surface area is 182 Å². The number of hydrogen-bond donors (Lipinski definition) is 0. The summed E-state index contributed by atoms with van der Waals surface area (Å²) in [5, 5.41) is 0. The van der Waals surface area contributed by atoms with Crippen LogP contribution in [0.5, 0.6) is 0 Å². The van der Waals surface area contributed by atoms with E-state index < -0.39 is 17.3 Å². The number of nitrogens with zero attached hydrogens (tertiary/aromatic N) is 2. The number of ether oxygens (including phenoxy) is 1. The third-order valence-corrected chi connectivity index (χ3v) is 5.82. The van der Waals surface area contributed by atoms with Gasteiger partial charge in [-0.05, 0) is 62.8 Å². The summed E-state index contributed by atoms with van der Waals surface area (Å²) in [6, 6.07) is 15.4. The molecule has 0 unspecified atom stereocenters. The summed E-state index contributed by atoms with van der Waals surface area (Å²) in [6.07, 6.45) is 1.54. The van der Waals surface area contributed by atoms with Crippen LogP contribution >= 0.6 is 0 Å². The Morgan fingerprint density at radius 1 is 1.00 bits per heavy atom. The molecule has 0 radical (unpaired) electrons. The third-order valence-electron chi connectivity index (χ3n) is 5.82. The van der Waals surface area contributed by atoms with Crippen molar-refractivity contribution < 1.29 is 19.1 Å². The lowest BCUT2D eigenvalue weighted by molar-refractivity contribution is -0.114. The molecule has 4 rings (SSSR count). The maximum Gasteiger partial charge on any atom is 0.410 e. The van der Waals surface area contributed by atoms with Gasteiger partial charge < -0.3 is 14.5 Å². The Morgan fingerprint density at radius 2 is 1.65 bits per heavy atom. The first kappa shape index (κ1) is 21.1. The normalized spacial score (nSPS) is 17.1. The zero-order chi connectivity index (χ0) is 22.2. The van der Waals surface area contributed by atoms with Gasteiger partial charge in [0.15, 0.2) is 0 Å². The minimum atomic E-state index is -0.481. The van der Waals surface area contributed by atoms with E-state index in [9.17, 15) is 14.4 Å². The van der Waals surface area contributed by atoms with E-state index in [1.165, 1.54) is 5.56 Å². The summed E-state index contributed by atoms with van der Waals surface area (Å²) in [5.74, 6) is -0.521. The molecule has 6 heteroatoms. The first-order valence-corrected chi connectivity index (χ1v) is 10.7. The number of carbonyl (C=O) groups excluding carboxylic acids is 3. The number of amides is 2. The molecule has 1 fully saturated rings. The maximum atomic E-state index is 12.4. The van der Waals surface area contributed by atoms with Crippen LogP contribution in [-0.4, -0.2) is 41.4 Å². The summed E-state index contributed by atoms with van der Waals surface area (Å²) >= 11 is 0. The second kappa shape index (κ2) is 8.17. The van der Waals surface area contributed by atoms with Crippen LogP contribution in [-0.2, 0) is 16.1 Å². The summed E-state index contributed by atoms with van der Waals surface area (Å²) < 4.78 is 5.47. The molecule has 2 amide bonds. The Morgan fingerprint density at radius 3 is 2.29 bits per heavy atom. The van der Waals surface area contributed by atoms with Crippen LogP contribution < -0.4 is 4.90 Å². The summed E-state index contributed by atoms with van der Waals surface area (Å²) in [6.45, 7) is 7.38. The maximum absolute atomic E-state index is 12.4. The van der Waals surface area contributed by atoms with Gasteiger partial charge in [0, 0.05) is 13.1 Å². The fourth-order valence-electron chi connectivity index (χ4n) is 4.20. The molecule has 2 aromatic carbocycles. The van der Waals surface area contributed by atoms with Gasteiger partial charge in [0.1, 0.15) is 5.60 Å². The first-order chi connectivity index (χ1) is 14.7. The number of fused-ring (bicyclic) bond motifs is 1. The van der Waals surface area contributed by atoms with Crippen LogP contribution in [0.3, 0.4) is 0 Å². The molecule has 2 heterocycles. The van der Waals surface area contributed by atoms with Gasteiger partial charge in [0.05, 0.1) is 17.8 Å². The number of Topliss-reactive ketones (excluding diaryl/α,β-unsaturated/α-hetero) is 1. The molecule has 0 aliphatic carbocycles. The van der Waals surface area contributed by atoms with Crippen LogP contribution in [0.15, 0.2) is 48.5 Å². The lowest BCUT2D eigenvalue weighted by atomic mass is 9.89. The monoisotopic (exact) mass is 420 g/mol. The summed E-state index contributed by atoms with van der Waals surface area (Å²) in [4.78, 5) is 40.1. The number of piperidine rings is 1. The average Bonchev–Trinajstić information content (AvgIpc) is 2.98. The largest absolute Gasteiger partial charge is 0.444 e. The van der Waals surface area contributed by atoms with Crippen LogP contribution in [0.4, 0.5) is 10.5 Å². The fourth-order valence-corrected chi connectivity index (χ4v) is 4.20. The molecule has 0 aromatic heterocycles. The topological polar surface area (TPSA) is 66.9 Å². The highest BCUT2D eigenvalue weighted by Crippen LogP contribution is 2.32. The number of anilines is 1. The lowest BCUT2D eigenvalue weighted by Gasteiger charge is -2.33. The molecule has 1 saturated heterocycles. The van der Waals surface area contributed by atoms with Gasteiger partial charge in [-0.15, -0.1) is 0 Å². The average molecular weight is 421 g/mol. The third kappa shape index (κ3) is 4.48. The number of likely N-dealkylation sites (tertiary alicyclic amines) is 1. The molecule has 0 atom stereocenters. The highest BCUT2D eigenvalue weighted by Gasteiger charge is 2.35. The van der Waals surface area contributed by atoms with Gasteiger partial charge in [-0.3, -0.25) is 9.59 Å². The number of hydrogen-bond acceptors (Lipinski definition) is 4. The van der Waals surface area contributed by atoms with Crippen LogP contribution in [0.25, 0.3) is 0 Å². The van der Waals surface area contributed by atoms with E-state index in [0.29, 0.717) is 36.8 Å². The van der Waals surface area contributed by atoms with Crippen LogP contribution in [0, 0.1) is 0 Å². The van der Waals surface area contributed by atoms with Gasteiger partial charge in [-0.2, -0.15) is 0 Å². The van der Waals surface area contributed by atoms with Gasteiger partial charge in [0.2, 0.25) is 0 Å². The Kier molecular flexibility index (Phi) is 5.56. The Balaban J connectivity index is 1.37. The predicted molar refractivity (Wildman–Crippen MR) is 118 cm³/mol. The Bertz CT molecular complexity index is 999. The van der Waals surface area contributed by atoms with Crippen molar-refractivity contribution in [3.05, 3.63) is 65.2 Å². The number of para-hydroxylation sites is 1.